The van der Waals surface area contributed by atoms with Crippen molar-refractivity contribution in [3.63, 3.8) is 0 Å². The van der Waals surface area contributed by atoms with Crippen molar-refractivity contribution >= 4 is 176 Å². The van der Waals surface area contributed by atoms with E-state index in [1.807, 2.05) is 121 Å². The molecule has 26 nitrogen and oxygen atoms in total. The van der Waals surface area contributed by atoms with E-state index < -0.39 is 36.1 Å². The topological polar surface area (TPSA) is 303 Å². The van der Waals surface area contributed by atoms with Gasteiger partial charge >= 0.3 is 0 Å². The third-order valence-corrected chi connectivity index (χ3v) is 26.0. The van der Waals surface area contributed by atoms with Crippen LogP contribution in [0.2, 0.25) is 10.0 Å². The second-order valence-corrected chi connectivity index (χ2v) is 34.1. The summed E-state index contributed by atoms with van der Waals surface area (Å²) in [7, 11) is -11.2. The standard InChI is InChI=1S/C25H26ClN5O3S2.C24H25ClN6O3S2.C24H23N5O4S2.3H2/c1-17-15-19-16-20(26)3-8-23(19)31(17)18(2)24(32)30-12-10-29(11-13-30)21-4-6-22(7-5-21)36(33,34)28-25-27-9-14-35-25;1-15(19-14-26-21-5-3-4-20(25)22(19)21)23(32)31-12-10-30(11-13-31)17-6-8-18(9-7-17)36(33,34)29-24-27-16(2)28-35-24;1-17(28-12-10-18-4-2-3-5-21(18)28)23(31)27-13-14-29(22(30)16-27)19-6-8-20(9-7-19)35(32,33)26-24-25-11-15-34-24;;;/h3-9,14-16,18H,10-13H2,1-2H3,(H,27,28);3-9,14-15,26H,10-13H2,1-2H3,(H,27,28,29);2-12,15,17H,13-14,16H2,1H3,(H,25,26);3*1H/t;;17-;;;/m..0.../s1. The first-order valence-corrected chi connectivity index (χ1v) is 41.8. The number of carbonyl (C=O) groups excluding carboxylic acids is 4. The Morgan fingerprint density at radius 2 is 1.08 bits per heavy atom. The maximum absolute atomic E-state index is 13.4. The van der Waals surface area contributed by atoms with Crippen LogP contribution in [-0.4, -0.2) is 169 Å². The lowest BCUT2D eigenvalue weighted by Crippen LogP contribution is -2.53. The first-order chi connectivity index (χ1) is 51.3. The molecule has 562 valence electrons. The number of thiazole rings is 2. The zero-order valence-electron chi connectivity index (χ0n) is 58.5. The average Bonchev–Trinajstić information content (AvgIpc) is 1.59. The minimum absolute atomic E-state index is 0. The second kappa shape index (κ2) is 31.9. The van der Waals surface area contributed by atoms with Gasteiger partial charge in [-0.2, -0.15) is 4.37 Å². The number of fused-ring (bicyclic) bond motifs is 3. The number of para-hydroxylation sites is 1. The van der Waals surface area contributed by atoms with Crippen LogP contribution in [0.1, 0.15) is 60.1 Å². The molecule has 0 aliphatic carbocycles. The number of sulfonamides is 3. The Bertz CT molecular complexity index is 5590. The van der Waals surface area contributed by atoms with Crippen LogP contribution in [0, 0.1) is 13.8 Å². The molecule has 3 atom stereocenters. The maximum Gasteiger partial charge on any atom is 0.263 e. The Kier molecular flexibility index (Phi) is 22.4. The van der Waals surface area contributed by atoms with Gasteiger partial charge in [0.2, 0.25) is 28.8 Å². The SMILES string of the molecule is C[C@@H](C(=O)N1CCN(c2ccc(S(=O)(=O)Nc3nccs3)cc2)C(=O)C1)n1ccc2ccccc21.Cc1cc2cc(Cl)ccc2n1C(C)C(=O)N1CCN(c2ccc(S(=O)(=O)Nc3nccs3)cc2)CC1.Cc1nsc(NS(=O)(=O)c2ccc(N3CCN(C(=O)C(C)c4c[nH]c5cccc(Cl)c45)CC3)cc2)n1.[HH].[HH].[HH]. The maximum atomic E-state index is 13.4. The summed E-state index contributed by atoms with van der Waals surface area (Å²) in [6.45, 7) is 15.1. The van der Waals surface area contributed by atoms with Crippen molar-refractivity contribution in [2.45, 2.75) is 67.3 Å². The van der Waals surface area contributed by atoms with Gasteiger partial charge in [-0.1, -0.05) is 47.5 Å². The molecule has 9 heterocycles. The number of piperazine rings is 3. The largest absolute Gasteiger partial charge is 0.368 e. The highest BCUT2D eigenvalue weighted by Gasteiger charge is 2.34. The van der Waals surface area contributed by atoms with E-state index >= 15 is 0 Å². The van der Waals surface area contributed by atoms with Gasteiger partial charge in [0.05, 0.1) is 25.6 Å². The molecule has 4 amide bonds. The summed E-state index contributed by atoms with van der Waals surface area (Å²) >= 11 is 16.0. The van der Waals surface area contributed by atoms with E-state index in [0.29, 0.717) is 92.1 Å². The highest BCUT2D eigenvalue weighted by atomic mass is 35.5. The van der Waals surface area contributed by atoms with Crippen LogP contribution < -0.4 is 28.9 Å². The molecular formula is C73H80Cl2N16O10S6. The molecule has 3 aliphatic heterocycles. The molecule has 3 aliphatic rings. The molecule has 0 radical (unpaired) electrons. The van der Waals surface area contributed by atoms with Gasteiger partial charge in [0.15, 0.2) is 10.3 Å². The van der Waals surface area contributed by atoms with Crippen LogP contribution in [0.25, 0.3) is 32.7 Å². The van der Waals surface area contributed by atoms with Crippen molar-refractivity contribution in [3.05, 3.63) is 208 Å². The monoisotopic (exact) mass is 1600 g/mol. The second-order valence-electron chi connectivity index (χ2n) is 25.7. The summed E-state index contributed by atoms with van der Waals surface area (Å²) in [5.41, 5.74) is 7.22. The molecule has 3 saturated heterocycles. The normalized spacial score (nSPS) is 15.3. The molecule has 107 heavy (non-hydrogen) atoms. The number of H-pyrrole nitrogens is 1. The van der Waals surface area contributed by atoms with E-state index in [0.717, 1.165) is 66.9 Å². The zero-order valence-corrected chi connectivity index (χ0v) is 64.9. The van der Waals surface area contributed by atoms with Gasteiger partial charge in [-0.15, -0.1) is 22.7 Å². The Morgan fingerprint density at radius 1 is 0.551 bits per heavy atom. The lowest BCUT2D eigenvalue weighted by atomic mass is 9.98. The van der Waals surface area contributed by atoms with Crippen LogP contribution in [0.5, 0.6) is 0 Å². The number of rotatable bonds is 18. The predicted molar refractivity (Wildman–Crippen MR) is 428 cm³/mol. The number of amides is 4. The number of anilines is 6. The molecule has 2 unspecified atom stereocenters. The molecule has 0 spiro atoms. The number of benzene rings is 6. The van der Waals surface area contributed by atoms with Crippen molar-refractivity contribution in [2.75, 3.05) is 101 Å². The fourth-order valence-corrected chi connectivity index (χ4v) is 19.2. The van der Waals surface area contributed by atoms with Crippen molar-refractivity contribution in [1.82, 2.24) is 48.1 Å². The summed E-state index contributed by atoms with van der Waals surface area (Å²) in [6.07, 6.45) is 6.83. The van der Waals surface area contributed by atoms with E-state index in [9.17, 15) is 44.4 Å². The molecular weight excluding hydrogens is 1520 g/mol. The van der Waals surface area contributed by atoms with Crippen molar-refractivity contribution in [2.24, 2.45) is 0 Å². The number of aromatic amines is 1. The van der Waals surface area contributed by atoms with E-state index in [-0.39, 0.29) is 71.4 Å². The van der Waals surface area contributed by atoms with Gasteiger partial charge in [0.25, 0.3) is 30.1 Å². The Morgan fingerprint density at radius 3 is 1.63 bits per heavy atom. The summed E-state index contributed by atoms with van der Waals surface area (Å²) in [5.74, 6) is 0.0128. The molecule has 6 aromatic carbocycles. The van der Waals surface area contributed by atoms with Gasteiger partial charge in [0, 0.05) is 172 Å². The van der Waals surface area contributed by atoms with Crippen LogP contribution in [0.4, 0.5) is 32.5 Å². The Balaban J connectivity index is 0.000000173. The summed E-state index contributed by atoms with van der Waals surface area (Å²) in [4.78, 5) is 79.5. The van der Waals surface area contributed by atoms with Crippen molar-refractivity contribution in [1.29, 1.82) is 0 Å². The van der Waals surface area contributed by atoms with Gasteiger partial charge in [-0.3, -0.25) is 33.3 Å². The van der Waals surface area contributed by atoms with Gasteiger partial charge in [-0.05, 0) is 167 Å². The first kappa shape index (κ1) is 75.3. The van der Waals surface area contributed by atoms with Crippen LogP contribution in [0.3, 0.4) is 0 Å². The number of aromatic nitrogens is 7. The average molecular weight is 1600 g/mol. The molecule has 3 fully saturated rings. The molecule has 0 bridgehead atoms. The van der Waals surface area contributed by atoms with E-state index in [2.05, 4.69) is 58.9 Å². The number of nitrogens with zero attached hydrogens (tertiary/aromatic N) is 12. The molecule has 4 N–H and O–H groups in total. The van der Waals surface area contributed by atoms with Crippen LogP contribution in [-0.2, 0) is 49.2 Å². The van der Waals surface area contributed by atoms with Crippen molar-refractivity contribution in [3.8, 4) is 0 Å². The third kappa shape index (κ3) is 16.8. The molecule has 0 saturated carbocycles. The first-order valence-electron chi connectivity index (χ1n) is 34.0. The lowest BCUT2D eigenvalue weighted by molar-refractivity contribution is -0.139. The Hall–Kier alpha value is -9.93. The van der Waals surface area contributed by atoms with Crippen molar-refractivity contribution < 1.29 is 48.7 Å². The number of hydrogen-bond acceptors (Lipinski definition) is 19. The molecule has 34 heteroatoms. The highest BCUT2D eigenvalue weighted by molar-refractivity contribution is 7.93. The number of carbonyl (C=O) groups is 4. The number of aryl methyl sites for hydroxylation is 2. The molecule has 12 aromatic rings. The fourth-order valence-electron chi connectivity index (χ4n) is 13.4. The minimum Gasteiger partial charge on any atom is -0.368 e. The fraction of sp³-hybridized carbons (Fsp3) is 0.260. The summed E-state index contributed by atoms with van der Waals surface area (Å²) in [5, 5.41) is 8.53. The summed E-state index contributed by atoms with van der Waals surface area (Å²) < 4.78 is 90.9. The van der Waals surface area contributed by atoms with Gasteiger partial charge in [0.1, 0.15) is 24.5 Å². The molecule has 6 aromatic heterocycles. The van der Waals surface area contributed by atoms with E-state index in [4.69, 9.17) is 23.2 Å². The zero-order chi connectivity index (χ0) is 75.5. The number of nitrogens with one attached hydrogen (secondary N) is 4. The van der Waals surface area contributed by atoms with Crippen LogP contribution in [0.15, 0.2) is 196 Å². The smallest absolute Gasteiger partial charge is 0.263 e. The van der Waals surface area contributed by atoms with E-state index in [1.165, 1.54) is 41.0 Å². The van der Waals surface area contributed by atoms with E-state index in [1.54, 1.807) is 94.3 Å². The highest BCUT2D eigenvalue weighted by Crippen LogP contribution is 2.35. The Labute approximate surface area is 645 Å². The third-order valence-electron chi connectivity index (χ3n) is 18.9. The lowest BCUT2D eigenvalue weighted by Gasteiger charge is -2.37. The number of halogens is 2. The summed E-state index contributed by atoms with van der Waals surface area (Å²) in [6, 6.07) is 42.1. The van der Waals surface area contributed by atoms with Crippen LogP contribution >= 0.6 is 57.4 Å². The number of hydrogen-bond donors (Lipinski definition) is 4. The van der Waals surface area contributed by atoms with Gasteiger partial charge in [-0.25, -0.2) is 40.2 Å². The quantitative estimate of drug-likeness (QED) is 0.0620. The van der Waals surface area contributed by atoms with Gasteiger partial charge < -0.3 is 43.5 Å². The predicted octanol–water partition coefficient (Wildman–Crippen LogP) is 13.1. The molecule has 15 rings (SSSR count). The minimum atomic E-state index is -3.77.